The van der Waals surface area contributed by atoms with Gasteiger partial charge >= 0.3 is 0 Å². The van der Waals surface area contributed by atoms with Crippen LogP contribution in [-0.2, 0) is 4.79 Å². The standard InChI is InChI=1S/C25H41NO2/c1-3-4-5-6-7-8-9-10-11-12-13-14-15-16-20-23(25(26)27)22-19-17-18-21-24(22)28-2/h10-11,17-19,21,23H,3-9,12-16,20H2,1-2H3,(H2,26,27)/b11-10-. The number of carbonyl (C=O) groups is 1. The summed E-state index contributed by atoms with van der Waals surface area (Å²) in [5, 5.41) is 0. The average Bonchev–Trinajstić information content (AvgIpc) is 2.70. The molecule has 1 atom stereocenters. The zero-order chi connectivity index (χ0) is 20.5. The van der Waals surface area contributed by atoms with Crippen molar-refractivity contribution in [2.24, 2.45) is 5.73 Å². The number of para-hydroxylation sites is 1. The van der Waals surface area contributed by atoms with E-state index in [9.17, 15) is 4.79 Å². The second-order valence-corrected chi connectivity index (χ2v) is 7.72. The lowest BCUT2D eigenvalue weighted by Crippen LogP contribution is -2.22. The molecule has 0 saturated carbocycles. The van der Waals surface area contributed by atoms with Crippen LogP contribution in [-0.4, -0.2) is 13.0 Å². The normalized spacial score (nSPS) is 12.4. The number of nitrogens with two attached hydrogens (primary N) is 1. The fourth-order valence-corrected chi connectivity index (χ4v) is 3.65. The number of allylic oxidation sites excluding steroid dienone is 2. The summed E-state index contributed by atoms with van der Waals surface area (Å²) in [5.74, 6) is 0.234. The number of unbranched alkanes of at least 4 members (excludes halogenated alkanes) is 10. The van der Waals surface area contributed by atoms with E-state index in [1.165, 1.54) is 64.2 Å². The number of methoxy groups -OCH3 is 1. The second-order valence-electron chi connectivity index (χ2n) is 7.72. The number of rotatable bonds is 17. The van der Waals surface area contributed by atoms with E-state index in [2.05, 4.69) is 19.1 Å². The predicted octanol–water partition coefficient (Wildman–Crippen LogP) is 6.91. The minimum Gasteiger partial charge on any atom is -0.496 e. The highest BCUT2D eigenvalue weighted by Crippen LogP contribution is 2.30. The van der Waals surface area contributed by atoms with Crippen LogP contribution in [0.4, 0.5) is 0 Å². The first-order valence-electron chi connectivity index (χ1n) is 11.3. The Kier molecular flexibility index (Phi) is 14.0. The molecule has 1 aromatic carbocycles. The Morgan fingerprint density at radius 3 is 2.11 bits per heavy atom. The van der Waals surface area contributed by atoms with Crippen LogP contribution < -0.4 is 10.5 Å². The molecule has 0 aromatic heterocycles. The van der Waals surface area contributed by atoms with Crippen LogP contribution in [0.1, 0.15) is 102 Å². The monoisotopic (exact) mass is 387 g/mol. The minimum absolute atomic E-state index is 0.256. The summed E-state index contributed by atoms with van der Waals surface area (Å²) < 4.78 is 5.39. The van der Waals surface area contributed by atoms with Gasteiger partial charge in [0.25, 0.3) is 0 Å². The van der Waals surface area contributed by atoms with E-state index in [4.69, 9.17) is 10.5 Å². The van der Waals surface area contributed by atoms with Crippen LogP contribution in [0.2, 0.25) is 0 Å². The van der Waals surface area contributed by atoms with E-state index in [1.807, 2.05) is 24.3 Å². The molecule has 0 aliphatic carbocycles. The van der Waals surface area contributed by atoms with Gasteiger partial charge in [-0.3, -0.25) is 4.79 Å². The number of hydrogen-bond donors (Lipinski definition) is 1. The Morgan fingerprint density at radius 1 is 0.929 bits per heavy atom. The highest BCUT2D eigenvalue weighted by Gasteiger charge is 2.20. The van der Waals surface area contributed by atoms with E-state index >= 15 is 0 Å². The molecule has 0 radical (unpaired) electrons. The van der Waals surface area contributed by atoms with Crippen molar-refractivity contribution in [1.82, 2.24) is 0 Å². The van der Waals surface area contributed by atoms with Crippen molar-refractivity contribution in [3.05, 3.63) is 42.0 Å². The molecule has 0 spiro atoms. The molecule has 2 N–H and O–H groups in total. The molecular formula is C25H41NO2. The lowest BCUT2D eigenvalue weighted by Gasteiger charge is -2.16. The van der Waals surface area contributed by atoms with Gasteiger partial charge in [-0.15, -0.1) is 0 Å². The maximum Gasteiger partial charge on any atom is 0.225 e. The van der Waals surface area contributed by atoms with Crippen LogP contribution in [0.25, 0.3) is 0 Å². The highest BCUT2D eigenvalue weighted by molar-refractivity contribution is 5.82. The fraction of sp³-hybridized carbons (Fsp3) is 0.640. The third-order valence-electron chi connectivity index (χ3n) is 5.36. The molecule has 0 aliphatic rings. The van der Waals surface area contributed by atoms with E-state index in [0.717, 1.165) is 30.6 Å². The summed E-state index contributed by atoms with van der Waals surface area (Å²) in [4.78, 5) is 11.9. The molecule has 0 fully saturated rings. The van der Waals surface area contributed by atoms with E-state index < -0.39 is 0 Å². The topological polar surface area (TPSA) is 52.3 Å². The van der Waals surface area contributed by atoms with Gasteiger partial charge < -0.3 is 10.5 Å². The molecule has 0 heterocycles. The molecule has 3 heteroatoms. The first-order chi connectivity index (χ1) is 13.7. The molecule has 1 rings (SSSR count). The van der Waals surface area contributed by atoms with E-state index in [0.29, 0.717) is 0 Å². The predicted molar refractivity (Wildman–Crippen MR) is 120 cm³/mol. The molecule has 1 unspecified atom stereocenters. The van der Waals surface area contributed by atoms with Crippen molar-refractivity contribution in [1.29, 1.82) is 0 Å². The zero-order valence-electron chi connectivity index (χ0n) is 18.1. The fourth-order valence-electron chi connectivity index (χ4n) is 3.65. The van der Waals surface area contributed by atoms with Gasteiger partial charge in [0.15, 0.2) is 0 Å². The number of ether oxygens (including phenoxy) is 1. The minimum atomic E-state index is -0.262. The second kappa shape index (κ2) is 16.2. The summed E-state index contributed by atoms with van der Waals surface area (Å²) in [6.07, 6.45) is 20.7. The van der Waals surface area contributed by atoms with Gasteiger partial charge in [0.2, 0.25) is 5.91 Å². The highest BCUT2D eigenvalue weighted by atomic mass is 16.5. The van der Waals surface area contributed by atoms with Crippen LogP contribution in [0.15, 0.2) is 36.4 Å². The lowest BCUT2D eigenvalue weighted by atomic mass is 9.91. The molecule has 0 bridgehead atoms. The van der Waals surface area contributed by atoms with Crippen molar-refractivity contribution in [2.75, 3.05) is 7.11 Å². The van der Waals surface area contributed by atoms with Crippen LogP contribution in [0, 0.1) is 0 Å². The molecule has 158 valence electrons. The van der Waals surface area contributed by atoms with E-state index in [1.54, 1.807) is 7.11 Å². The first kappa shape index (κ1) is 24.3. The molecule has 3 nitrogen and oxygen atoms in total. The maximum absolute atomic E-state index is 11.9. The Morgan fingerprint density at radius 2 is 1.50 bits per heavy atom. The molecule has 28 heavy (non-hydrogen) atoms. The Labute approximate surface area is 172 Å². The lowest BCUT2D eigenvalue weighted by molar-refractivity contribution is -0.119. The number of carbonyl (C=O) groups excluding carboxylic acids is 1. The van der Waals surface area contributed by atoms with Gasteiger partial charge in [-0.25, -0.2) is 0 Å². The van der Waals surface area contributed by atoms with Crippen LogP contribution >= 0.6 is 0 Å². The van der Waals surface area contributed by atoms with Gasteiger partial charge in [0.1, 0.15) is 5.75 Å². The SMILES string of the molecule is CCCCCCCC/C=C\CCCCCCC(C(N)=O)c1ccccc1OC. The Hall–Kier alpha value is -1.77. The number of benzene rings is 1. The molecule has 1 aromatic rings. The Bertz CT molecular complexity index is 553. The summed E-state index contributed by atoms with van der Waals surface area (Å²) in [7, 11) is 1.64. The average molecular weight is 388 g/mol. The van der Waals surface area contributed by atoms with Crippen molar-refractivity contribution >= 4 is 5.91 Å². The summed E-state index contributed by atoms with van der Waals surface area (Å²) in [6.45, 7) is 2.26. The quantitative estimate of drug-likeness (QED) is 0.233. The summed E-state index contributed by atoms with van der Waals surface area (Å²) in [5.41, 5.74) is 6.56. The molecule has 0 saturated heterocycles. The molecule has 0 aliphatic heterocycles. The third-order valence-corrected chi connectivity index (χ3v) is 5.36. The number of primary amides is 1. The van der Waals surface area contributed by atoms with Crippen molar-refractivity contribution in [2.45, 2.75) is 96.3 Å². The largest absolute Gasteiger partial charge is 0.496 e. The van der Waals surface area contributed by atoms with Crippen LogP contribution in [0.5, 0.6) is 5.75 Å². The third kappa shape index (κ3) is 10.5. The number of hydrogen-bond acceptors (Lipinski definition) is 2. The van der Waals surface area contributed by atoms with Gasteiger partial charge in [0.05, 0.1) is 13.0 Å². The summed E-state index contributed by atoms with van der Waals surface area (Å²) >= 11 is 0. The van der Waals surface area contributed by atoms with Crippen molar-refractivity contribution < 1.29 is 9.53 Å². The van der Waals surface area contributed by atoms with Crippen molar-refractivity contribution in [3.63, 3.8) is 0 Å². The smallest absolute Gasteiger partial charge is 0.225 e. The van der Waals surface area contributed by atoms with Crippen molar-refractivity contribution in [3.8, 4) is 5.75 Å². The van der Waals surface area contributed by atoms with Gasteiger partial charge in [-0.2, -0.15) is 0 Å². The van der Waals surface area contributed by atoms with E-state index in [-0.39, 0.29) is 11.8 Å². The first-order valence-corrected chi connectivity index (χ1v) is 11.3. The van der Waals surface area contributed by atoms with Gasteiger partial charge in [-0.05, 0) is 38.2 Å². The summed E-state index contributed by atoms with van der Waals surface area (Å²) in [6, 6.07) is 7.69. The van der Waals surface area contributed by atoms with Gasteiger partial charge in [0, 0.05) is 5.56 Å². The zero-order valence-corrected chi connectivity index (χ0v) is 18.1. The van der Waals surface area contributed by atoms with Crippen LogP contribution in [0.3, 0.4) is 0 Å². The molecular weight excluding hydrogens is 346 g/mol. The Balaban J connectivity index is 2.12. The maximum atomic E-state index is 11.9. The number of amides is 1. The van der Waals surface area contributed by atoms with Gasteiger partial charge in [-0.1, -0.05) is 88.6 Å². The molecule has 1 amide bonds.